The molecule has 0 aliphatic heterocycles. The Hall–Kier alpha value is -1.59. The molecular weight excluding hydrogens is 200 g/mol. The van der Waals surface area contributed by atoms with Crippen molar-refractivity contribution in [3.63, 3.8) is 0 Å². The second kappa shape index (κ2) is 4.77. The van der Waals surface area contributed by atoms with E-state index in [0.29, 0.717) is 0 Å². The maximum absolute atomic E-state index is 11.4. The summed E-state index contributed by atoms with van der Waals surface area (Å²) in [6, 6.07) is -0.493. The summed E-state index contributed by atoms with van der Waals surface area (Å²) in [6.45, 7) is 1.51. The van der Waals surface area contributed by atoms with Crippen LogP contribution in [0.25, 0.3) is 0 Å². The van der Waals surface area contributed by atoms with Gasteiger partial charge in [0.25, 0.3) is 0 Å². The molecule has 1 rings (SSSR count). The van der Waals surface area contributed by atoms with Crippen molar-refractivity contribution in [1.82, 2.24) is 10.6 Å². The molecular formula is C9H14N2O4. The zero-order valence-electron chi connectivity index (χ0n) is 8.70. The first kappa shape index (κ1) is 11.5. The highest BCUT2D eigenvalue weighted by Crippen LogP contribution is 2.18. The van der Waals surface area contributed by atoms with Crippen molar-refractivity contribution in [1.29, 1.82) is 0 Å². The predicted molar refractivity (Wildman–Crippen MR) is 50.8 cm³/mol. The van der Waals surface area contributed by atoms with Crippen LogP contribution in [0.1, 0.15) is 19.8 Å². The standard InChI is InChI=1S/C9H14N2O4/c1-5(7(12)11-6-3-4-6)10-8(13)9(14)15-2/h5-6H,3-4H2,1-2H3,(H,10,13)(H,11,12). The molecule has 0 aromatic heterocycles. The molecule has 84 valence electrons. The van der Waals surface area contributed by atoms with Gasteiger partial charge in [-0.15, -0.1) is 0 Å². The second-order valence-corrected chi connectivity index (χ2v) is 3.47. The number of hydrogen-bond acceptors (Lipinski definition) is 4. The Kier molecular flexibility index (Phi) is 3.65. The topological polar surface area (TPSA) is 84.5 Å². The largest absolute Gasteiger partial charge is 0.462 e. The van der Waals surface area contributed by atoms with Gasteiger partial charge in [-0.05, 0) is 19.8 Å². The number of rotatable bonds is 3. The summed E-state index contributed by atoms with van der Waals surface area (Å²) >= 11 is 0. The van der Waals surface area contributed by atoms with E-state index in [1.807, 2.05) is 0 Å². The molecule has 0 radical (unpaired) electrons. The van der Waals surface area contributed by atoms with Crippen LogP contribution in [0.3, 0.4) is 0 Å². The van der Waals surface area contributed by atoms with E-state index in [9.17, 15) is 14.4 Å². The lowest BCUT2D eigenvalue weighted by molar-refractivity contribution is -0.153. The lowest BCUT2D eigenvalue weighted by Gasteiger charge is -2.12. The van der Waals surface area contributed by atoms with E-state index < -0.39 is 17.9 Å². The maximum Gasteiger partial charge on any atom is 0.396 e. The fourth-order valence-corrected chi connectivity index (χ4v) is 0.968. The number of hydrogen-bond donors (Lipinski definition) is 2. The highest BCUT2D eigenvalue weighted by molar-refractivity contribution is 6.32. The third kappa shape index (κ3) is 3.57. The van der Waals surface area contributed by atoms with Crippen LogP contribution in [0.5, 0.6) is 0 Å². The minimum atomic E-state index is -0.999. The molecule has 1 aliphatic carbocycles. The second-order valence-electron chi connectivity index (χ2n) is 3.47. The molecule has 0 aromatic carbocycles. The van der Waals surface area contributed by atoms with Gasteiger partial charge in [0.05, 0.1) is 7.11 Å². The molecule has 0 bridgehead atoms. The van der Waals surface area contributed by atoms with Crippen LogP contribution in [0.2, 0.25) is 0 Å². The van der Waals surface area contributed by atoms with Crippen molar-refractivity contribution in [2.75, 3.05) is 7.11 Å². The maximum atomic E-state index is 11.4. The summed E-state index contributed by atoms with van der Waals surface area (Å²) in [6.07, 6.45) is 1.95. The molecule has 6 heteroatoms. The zero-order valence-corrected chi connectivity index (χ0v) is 8.70. The van der Waals surface area contributed by atoms with Gasteiger partial charge < -0.3 is 15.4 Å². The predicted octanol–water partition coefficient (Wildman–Crippen LogP) is -1.06. The molecule has 0 heterocycles. The molecule has 2 amide bonds. The Bertz CT molecular complexity index is 286. The molecule has 1 saturated carbocycles. The Morgan fingerprint density at radius 1 is 1.33 bits per heavy atom. The van der Waals surface area contributed by atoms with Gasteiger partial charge >= 0.3 is 11.9 Å². The van der Waals surface area contributed by atoms with Crippen LogP contribution in [0.15, 0.2) is 0 Å². The lowest BCUT2D eigenvalue weighted by atomic mass is 10.3. The molecule has 2 N–H and O–H groups in total. The van der Waals surface area contributed by atoms with Gasteiger partial charge in [-0.3, -0.25) is 9.59 Å². The minimum absolute atomic E-state index is 0.231. The summed E-state index contributed by atoms with van der Waals surface area (Å²) < 4.78 is 4.20. The van der Waals surface area contributed by atoms with Gasteiger partial charge in [-0.25, -0.2) is 4.79 Å². The summed E-state index contributed by atoms with van der Waals surface area (Å²) in [5, 5.41) is 4.95. The van der Waals surface area contributed by atoms with Crippen molar-refractivity contribution >= 4 is 17.8 Å². The van der Waals surface area contributed by atoms with E-state index >= 15 is 0 Å². The highest BCUT2D eigenvalue weighted by Gasteiger charge is 2.27. The van der Waals surface area contributed by atoms with E-state index in [0.717, 1.165) is 20.0 Å². The van der Waals surface area contributed by atoms with Gasteiger partial charge in [0.15, 0.2) is 0 Å². The summed E-state index contributed by atoms with van der Waals surface area (Å²) in [5.74, 6) is -2.19. The van der Waals surface area contributed by atoms with Crippen molar-refractivity contribution in [2.45, 2.75) is 31.8 Å². The Labute approximate surface area is 87.4 Å². The third-order valence-electron chi connectivity index (χ3n) is 2.04. The molecule has 1 aliphatic rings. The molecule has 1 atom stereocenters. The Morgan fingerprint density at radius 3 is 2.40 bits per heavy atom. The smallest absolute Gasteiger partial charge is 0.396 e. The average molecular weight is 214 g/mol. The molecule has 6 nitrogen and oxygen atoms in total. The van der Waals surface area contributed by atoms with Crippen molar-refractivity contribution in [2.24, 2.45) is 0 Å². The number of nitrogens with one attached hydrogen (secondary N) is 2. The molecule has 0 saturated heterocycles. The fraction of sp³-hybridized carbons (Fsp3) is 0.667. The molecule has 1 fully saturated rings. The first-order valence-corrected chi connectivity index (χ1v) is 4.73. The van der Waals surface area contributed by atoms with Crippen LogP contribution in [0, 0.1) is 0 Å². The van der Waals surface area contributed by atoms with Gasteiger partial charge in [0.2, 0.25) is 5.91 Å². The number of amides is 2. The van der Waals surface area contributed by atoms with E-state index in [4.69, 9.17) is 0 Å². The van der Waals surface area contributed by atoms with Gasteiger partial charge in [0, 0.05) is 6.04 Å². The Morgan fingerprint density at radius 2 is 1.93 bits per heavy atom. The van der Waals surface area contributed by atoms with Gasteiger partial charge in [0.1, 0.15) is 6.04 Å². The normalized spacial score (nSPS) is 16.4. The average Bonchev–Trinajstić information content (AvgIpc) is 3.00. The van der Waals surface area contributed by atoms with E-state index in [2.05, 4.69) is 15.4 Å². The first-order chi connectivity index (χ1) is 7.04. The summed E-state index contributed by atoms with van der Waals surface area (Å²) in [7, 11) is 1.11. The van der Waals surface area contributed by atoms with Gasteiger partial charge in [-0.2, -0.15) is 0 Å². The quantitative estimate of drug-likeness (QED) is 0.463. The SMILES string of the molecule is COC(=O)C(=O)NC(C)C(=O)NC1CC1. The summed E-state index contributed by atoms with van der Waals surface area (Å²) in [4.78, 5) is 33.1. The van der Waals surface area contributed by atoms with Crippen molar-refractivity contribution in [3.8, 4) is 0 Å². The van der Waals surface area contributed by atoms with Crippen LogP contribution < -0.4 is 10.6 Å². The van der Waals surface area contributed by atoms with Crippen LogP contribution in [-0.4, -0.2) is 37.0 Å². The lowest BCUT2D eigenvalue weighted by Crippen LogP contribution is -2.47. The van der Waals surface area contributed by atoms with E-state index in [-0.39, 0.29) is 11.9 Å². The first-order valence-electron chi connectivity index (χ1n) is 4.73. The van der Waals surface area contributed by atoms with E-state index in [1.165, 1.54) is 6.92 Å². The Balaban J connectivity index is 2.32. The van der Waals surface area contributed by atoms with E-state index in [1.54, 1.807) is 0 Å². The molecule has 0 aromatic rings. The highest BCUT2D eigenvalue weighted by atomic mass is 16.5. The number of carbonyl (C=O) groups excluding carboxylic acids is 3. The number of ether oxygens (including phenoxy) is 1. The molecule has 0 spiro atoms. The minimum Gasteiger partial charge on any atom is -0.462 e. The fourth-order valence-electron chi connectivity index (χ4n) is 0.968. The number of carbonyl (C=O) groups is 3. The van der Waals surface area contributed by atoms with Crippen molar-refractivity contribution < 1.29 is 19.1 Å². The van der Waals surface area contributed by atoms with Crippen LogP contribution in [-0.2, 0) is 19.1 Å². The van der Waals surface area contributed by atoms with Gasteiger partial charge in [-0.1, -0.05) is 0 Å². The number of esters is 1. The van der Waals surface area contributed by atoms with Crippen LogP contribution in [0.4, 0.5) is 0 Å². The molecule has 1 unspecified atom stereocenters. The monoisotopic (exact) mass is 214 g/mol. The third-order valence-corrected chi connectivity index (χ3v) is 2.04. The zero-order chi connectivity index (χ0) is 11.4. The summed E-state index contributed by atoms with van der Waals surface area (Å²) in [5.41, 5.74) is 0. The van der Waals surface area contributed by atoms with Crippen LogP contribution >= 0.6 is 0 Å². The number of methoxy groups -OCH3 is 1. The molecule has 15 heavy (non-hydrogen) atoms. The van der Waals surface area contributed by atoms with Crippen molar-refractivity contribution in [3.05, 3.63) is 0 Å².